The Morgan fingerprint density at radius 2 is 1.64 bits per heavy atom. The number of hydrogen-bond donors (Lipinski definition) is 4. The Balaban J connectivity index is 0.802. The summed E-state index contributed by atoms with van der Waals surface area (Å²) in [5.41, 5.74) is 3.55. The van der Waals surface area contributed by atoms with Gasteiger partial charge in [-0.3, -0.25) is 47.8 Å². The molecule has 67 heavy (non-hydrogen) atoms. The van der Waals surface area contributed by atoms with Crippen LogP contribution in [0, 0.1) is 0 Å². The fourth-order valence-electron chi connectivity index (χ4n) is 7.45. The number of nitrogens with one attached hydrogen (secondary N) is 4. The van der Waals surface area contributed by atoms with E-state index in [2.05, 4.69) is 26.3 Å². The third-order valence-electron chi connectivity index (χ3n) is 11.0. The van der Waals surface area contributed by atoms with E-state index in [1.165, 1.54) is 29.7 Å². The summed E-state index contributed by atoms with van der Waals surface area (Å²) in [6, 6.07) is 20.7. The molecular weight excluding hydrogens is 903 g/mol. The molecule has 350 valence electrons. The summed E-state index contributed by atoms with van der Waals surface area (Å²) in [5, 5.41) is 12.7. The Kier molecular flexibility index (Phi) is 15.7. The van der Waals surface area contributed by atoms with Gasteiger partial charge in [-0.15, -0.1) is 11.3 Å². The summed E-state index contributed by atoms with van der Waals surface area (Å²) < 4.78 is 36.6. The number of carbonyl (C=O) groups excluding carboxylic acids is 7. The molecule has 1 fully saturated rings. The number of fused-ring (bicyclic) bond motifs is 1. The van der Waals surface area contributed by atoms with Crippen LogP contribution in [-0.4, -0.2) is 95.2 Å². The van der Waals surface area contributed by atoms with Crippen molar-refractivity contribution in [1.82, 2.24) is 29.8 Å². The molecule has 2 aliphatic heterocycles. The van der Waals surface area contributed by atoms with Crippen LogP contribution < -0.4 is 26.0 Å². The van der Waals surface area contributed by atoms with Crippen molar-refractivity contribution in [2.24, 2.45) is 0 Å². The van der Waals surface area contributed by atoms with Gasteiger partial charge in [0.2, 0.25) is 27.7 Å². The third-order valence-corrected chi connectivity index (χ3v) is 12.8. The highest BCUT2D eigenvalue weighted by molar-refractivity contribution is 7.89. The molecule has 2 aliphatic rings. The van der Waals surface area contributed by atoms with Crippen LogP contribution in [0.15, 0.2) is 96.6 Å². The first-order valence-corrected chi connectivity index (χ1v) is 24.4. The lowest BCUT2D eigenvalue weighted by atomic mass is 10.0. The fraction of sp³-hybridized carbons (Fsp3) is 0.319. The highest BCUT2D eigenvalue weighted by atomic mass is 32.2. The summed E-state index contributed by atoms with van der Waals surface area (Å²) in [4.78, 5) is 94.9. The van der Waals surface area contributed by atoms with Gasteiger partial charge in [0.25, 0.3) is 23.6 Å². The second kappa shape index (κ2) is 22.0. The molecule has 0 saturated carbocycles. The van der Waals surface area contributed by atoms with Crippen LogP contribution in [0.5, 0.6) is 5.75 Å². The SMILES string of the molecule is CS(=O)(=O)n1ccc(C(=O)N[C@@H](COCc2ccc(CNC(=O)CCCCCCCOc3cccc4c3C(=O)N(C3CCC(=O)NC3=O)C4=O)cc2)C(=O)Nc2nc(-c3ccccc3)cs2)c1. The van der Waals surface area contributed by atoms with E-state index in [1.54, 1.807) is 17.5 Å². The molecule has 3 aromatic carbocycles. The van der Waals surface area contributed by atoms with Gasteiger partial charge >= 0.3 is 0 Å². The summed E-state index contributed by atoms with van der Waals surface area (Å²) in [7, 11) is -3.62. The number of thiazole rings is 1. The summed E-state index contributed by atoms with van der Waals surface area (Å²) in [6.45, 7) is 0.548. The number of hydrogen-bond acceptors (Lipinski definition) is 13. The third kappa shape index (κ3) is 12.5. The van der Waals surface area contributed by atoms with E-state index in [0.29, 0.717) is 43.2 Å². The lowest BCUT2D eigenvalue weighted by Gasteiger charge is -2.27. The Morgan fingerprint density at radius 1 is 0.896 bits per heavy atom. The van der Waals surface area contributed by atoms with E-state index in [-0.39, 0.29) is 54.4 Å². The van der Waals surface area contributed by atoms with Gasteiger partial charge in [-0.1, -0.05) is 79.9 Å². The number of benzene rings is 3. The normalized spacial score (nSPS) is 15.2. The van der Waals surface area contributed by atoms with Crippen molar-refractivity contribution in [2.45, 2.75) is 76.6 Å². The van der Waals surface area contributed by atoms with Gasteiger partial charge in [0.1, 0.15) is 17.8 Å². The number of aromatic nitrogens is 2. The lowest BCUT2D eigenvalue weighted by molar-refractivity contribution is -0.136. The van der Waals surface area contributed by atoms with Crippen molar-refractivity contribution in [3.8, 4) is 17.0 Å². The van der Waals surface area contributed by atoms with E-state index in [0.717, 1.165) is 57.3 Å². The van der Waals surface area contributed by atoms with Crippen molar-refractivity contribution in [3.05, 3.63) is 124 Å². The Hall–Kier alpha value is -7.03. The van der Waals surface area contributed by atoms with Gasteiger partial charge in [0, 0.05) is 42.7 Å². The summed E-state index contributed by atoms with van der Waals surface area (Å²) in [5.74, 6) is -3.35. The molecule has 4 N–H and O–H groups in total. The van der Waals surface area contributed by atoms with Crippen LogP contribution in [0.2, 0.25) is 0 Å². The molecule has 0 radical (unpaired) electrons. The number of piperidine rings is 1. The van der Waals surface area contributed by atoms with Crippen molar-refractivity contribution in [3.63, 3.8) is 0 Å². The zero-order chi connectivity index (χ0) is 47.5. The van der Waals surface area contributed by atoms with Gasteiger partial charge in [-0.05, 0) is 48.6 Å². The predicted octanol–water partition coefficient (Wildman–Crippen LogP) is 4.81. The van der Waals surface area contributed by atoms with Crippen LogP contribution in [-0.2, 0) is 47.1 Å². The topological polar surface area (TPSA) is 241 Å². The van der Waals surface area contributed by atoms with Crippen LogP contribution in [0.4, 0.5) is 5.13 Å². The molecule has 0 aliphatic carbocycles. The van der Waals surface area contributed by atoms with E-state index in [1.807, 2.05) is 54.6 Å². The van der Waals surface area contributed by atoms with Gasteiger partial charge in [0.05, 0.1) is 48.5 Å². The molecule has 18 nitrogen and oxygen atoms in total. The van der Waals surface area contributed by atoms with Crippen molar-refractivity contribution in [1.29, 1.82) is 0 Å². The number of nitrogens with zero attached hydrogens (tertiary/aromatic N) is 3. The summed E-state index contributed by atoms with van der Waals surface area (Å²) in [6.07, 6.45) is 7.81. The first-order valence-electron chi connectivity index (χ1n) is 21.7. The van der Waals surface area contributed by atoms with Crippen LogP contribution >= 0.6 is 11.3 Å². The largest absolute Gasteiger partial charge is 0.493 e. The highest BCUT2D eigenvalue weighted by Crippen LogP contribution is 2.34. The maximum absolute atomic E-state index is 13.5. The zero-order valence-electron chi connectivity index (χ0n) is 36.5. The van der Waals surface area contributed by atoms with E-state index in [9.17, 15) is 42.0 Å². The minimum Gasteiger partial charge on any atom is -0.493 e. The minimum atomic E-state index is -3.62. The van der Waals surface area contributed by atoms with Crippen molar-refractivity contribution < 1.29 is 51.5 Å². The van der Waals surface area contributed by atoms with Crippen LogP contribution in [0.25, 0.3) is 11.3 Å². The average molecular weight is 952 g/mol. The lowest BCUT2D eigenvalue weighted by Crippen LogP contribution is -2.54. The number of carbonyl (C=O) groups is 7. The molecule has 0 bridgehead atoms. The Labute approximate surface area is 390 Å². The smallest absolute Gasteiger partial charge is 0.266 e. The average Bonchev–Trinajstić information content (AvgIpc) is 4.06. The maximum Gasteiger partial charge on any atom is 0.266 e. The van der Waals surface area contributed by atoms with E-state index < -0.39 is 57.6 Å². The number of imide groups is 2. The molecular formula is C47H49N7O11S2. The predicted molar refractivity (Wildman–Crippen MR) is 246 cm³/mol. The quantitative estimate of drug-likeness (QED) is 0.0540. The van der Waals surface area contributed by atoms with E-state index >= 15 is 0 Å². The second-order valence-corrected chi connectivity index (χ2v) is 18.8. The maximum atomic E-state index is 13.5. The molecule has 2 aromatic heterocycles. The first kappa shape index (κ1) is 47.9. The fourth-order valence-corrected chi connectivity index (χ4v) is 8.76. The number of unbranched alkanes of at least 4 members (excludes halogenated alkanes) is 4. The van der Waals surface area contributed by atoms with Crippen molar-refractivity contribution >= 4 is 67.8 Å². The standard InChI is InChI=1S/C47H49N7O11S2/c1-67(62,63)53-23-22-33(26-53)42(57)49-35(43(58)52-47-50-36(29-66-47)32-11-6-5-7-12-32)28-64-27-31-18-16-30(17-19-31)25-48-39(55)15-8-3-2-4-9-24-65-38-14-10-13-34-41(38)46(61)54(45(34)60)37-20-21-40(56)51-44(37)59/h5-7,10-14,16-19,22-23,26,29,35,37H,2-4,8-9,15,20-21,24-25,27-28H2,1H3,(H,48,55)(H,49,57)(H,50,52,58)(H,51,56,59)/t35-,37?/m0/s1. The molecule has 4 heterocycles. The number of rotatable bonds is 22. The number of anilines is 1. The molecule has 2 atom stereocenters. The first-order chi connectivity index (χ1) is 32.2. The van der Waals surface area contributed by atoms with E-state index in [4.69, 9.17) is 9.47 Å². The van der Waals surface area contributed by atoms with Gasteiger partial charge < -0.3 is 25.4 Å². The van der Waals surface area contributed by atoms with Crippen LogP contribution in [0.1, 0.15) is 93.6 Å². The molecule has 20 heteroatoms. The number of amides is 7. The molecule has 1 unspecified atom stereocenters. The Morgan fingerprint density at radius 3 is 2.39 bits per heavy atom. The molecule has 7 amide bonds. The molecule has 5 aromatic rings. The zero-order valence-corrected chi connectivity index (χ0v) is 38.2. The van der Waals surface area contributed by atoms with Crippen LogP contribution in [0.3, 0.4) is 0 Å². The minimum absolute atomic E-state index is 0.0381. The van der Waals surface area contributed by atoms with Gasteiger partial charge in [-0.25, -0.2) is 13.4 Å². The highest BCUT2D eigenvalue weighted by Gasteiger charge is 2.46. The van der Waals surface area contributed by atoms with Crippen molar-refractivity contribution in [2.75, 3.05) is 24.8 Å². The monoisotopic (exact) mass is 951 g/mol. The van der Waals surface area contributed by atoms with Gasteiger partial charge in [-0.2, -0.15) is 0 Å². The second-order valence-electron chi connectivity index (χ2n) is 16.0. The molecule has 1 saturated heterocycles. The number of ether oxygens (including phenoxy) is 2. The summed E-state index contributed by atoms with van der Waals surface area (Å²) >= 11 is 1.23. The Bertz CT molecular complexity index is 2760. The molecule has 0 spiro atoms. The molecule has 7 rings (SSSR count). The van der Waals surface area contributed by atoms with Gasteiger partial charge in [0.15, 0.2) is 5.13 Å².